The molecule has 154 valence electrons. The minimum Gasteiger partial charge on any atom is -0.496 e. The Balaban J connectivity index is 3.86. The Bertz CT molecular complexity index is 749. The van der Waals surface area contributed by atoms with Crippen molar-refractivity contribution in [3.8, 4) is 5.75 Å². The minimum absolute atomic E-state index is 0.0224. The SMILES string of the molecule is COc1c(C(=O)C(C)(F)P(=O)(OC)OC)cc(C(C)(C)C)cc1C(C)(C)C. The lowest BCUT2D eigenvalue weighted by Crippen LogP contribution is -2.33. The summed E-state index contributed by atoms with van der Waals surface area (Å²) in [6.07, 6.45) is 0. The second kappa shape index (κ2) is 7.65. The van der Waals surface area contributed by atoms with Gasteiger partial charge in [0.1, 0.15) is 5.75 Å². The number of hydrogen-bond donors (Lipinski definition) is 0. The number of hydrogen-bond acceptors (Lipinski definition) is 5. The highest BCUT2D eigenvalue weighted by Gasteiger charge is 2.54. The van der Waals surface area contributed by atoms with E-state index in [4.69, 9.17) is 13.8 Å². The van der Waals surface area contributed by atoms with E-state index < -0.39 is 18.8 Å². The standard InChI is InChI=1S/C20H32FO5P/c1-18(2,3)13-11-14(16(24-8)15(12-13)19(4,5)6)17(22)20(7,21)27(23,25-9)26-10/h11-12H,1-10H3. The zero-order chi connectivity index (χ0) is 21.4. The van der Waals surface area contributed by atoms with Crippen molar-refractivity contribution in [1.29, 1.82) is 0 Å². The summed E-state index contributed by atoms with van der Waals surface area (Å²) >= 11 is 0. The summed E-state index contributed by atoms with van der Waals surface area (Å²) in [6.45, 7) is 12.9. The van der Waals surface area contributed by atoms with Gasteiger partial charge in [-0.15, -0.1) is 0 Å². The monoisotopic (exact) mass is 402 g/mol. The third-order valence-corrected chi connectivity index (χ3v) is 6.81. The van der Waals surface area contributed by atoms with Crippen molar-refractivity contribution in [2.24, 2.45) is 0 Å². The number of rotatable bonds is 6. The van der Waals surface area contributed by atoms with Crippen molar-refractivity contribution in [1.82, 2.24) is 0 Å². The number of methoxy groups -OCH3 is 1. The predicted octanol–water partition coefficient (Wildman–Crippen LogP) is 5.64. The van der Waals surface area contributed by atoms with E-state index >= 15 is 4.39 Å². The van der Waals surface area contributed by atoms with Gasteiger partial charge in [0, 0.05) is 19.8 Å². The van der Waals surface area contributed by atoms with Crippen LogP contribution in [-0.2, 0) is 24.4 Å². The van der Waals surface area contributed by atoms with Gasteiger partial charge in [-0.3, -0.25) is 9.36 Å². The molecule has 1 aromatic carbocycles. The molecule has 1 aromatic rings. The Hall–Kier alpha value is -1.23. The molecule has 0 aliphatic carbocycles. The summed E-state index contributed by atoms with van der Waals surface area (Å²) in [5.41, 5.74) is 0.980. The number of ketones is 1. The van der Waals surface area contributed by atoms with Gasteiger partial charge in [0.25, 0.3) is 5.41 Å². The van der Waals surface area contributed by atoms with Gasteiger partial charge in [-0.05, 0) is 29.4 Å². The maximum Gasteiger partial charge on any atom is 0.374 e. The van der Waals surface area contributed by atoms with Crippen LogP contribution < -0.4 is 4.74 Å². The van der Waals surface area contributed by atoms with Crippen LogP contribution in [0.3, 0.4) is 0 Å². The van der Waals surface area contributed by atoms with Crippen LogP contribution in [0.5, 0.6) is 5.75 Å². The predicted molar refractivity (Wildman–Crippen MR) is 106 cm³/mol. The first-order chi connectivity index (χ1) is 12.1. The van der Waals surface area contributed by atoms with Crippen LogP contribution in [0.2, 0.25) is 0 Å². The molecule has 0 aromatic heterocycles. The first-order valence-electron chi connectivity index (χ1n) is 8.75. The fourth-order valence-corrected chi connectivity index (χ4v) is 4.00. The van der Waals surface area contributed by atoms with Crippen LogP contribution in [0.1, 0.15) is 70.0 Å². The second-order valence-corrected chi connectivity index (χ2v) is 11.3. The molecule has 7 heteroatoms. The zero-order valence-electron chi connectivity index (χ0n) is 18.0. The van der Waals surface area contributed by atoms with Gasteiger partial charge in [0.05, 0.1) is 12.7 Å². The summed E-state index contributed by atoms with van der Waals surface area (Å²) in [5.74, 6) is -0.730. The molecule has 1 atom stereocenters. The van der Waals surface area contributed by atoms with Gasteiger partial charge in [-0.1, -0.05) is 47.6 Å². The van der Waals surface area contributed by atoms with E-state index in [1.54, 1.807) is 6.07 Å². The fraction of sp³-hybridized carbons (Fsp3) is 0.650. The summed E-state index contributed by atoms with van der Waals surface area (Å²) in [6, 6.07) is 3.57. The van der Waals surface area contributed by atoms with Crippen LogP contribution in [0.4, 0.5) is 4.39 Å². The van der Waals surface area contributed by atoms with Gasteiger partial charge >= 0.3 is 7.60 Å². The first-order valence-corrected chi connectivity index (χ1v) is 10.3. The molecule has 0 fully saturated rings. The van der Waals surface area contributed by atoms with E-state index in [1.807, 2.05) is 47.6 Å². The normalized spacial score (nSPS) is 15.4. The summed E-state index contributed by atoms with van der Waals surface area (Å²) in [5, 5.41) is -2.87. The summed E-state index contributed by atoms with van der Waals surface area (Å²) in [4.78, 5) is 13.2. The first kappa shape index (κ1) is 23.8. The third kappa shape index (κ3) is 4.44. The van der Waals surface area contributed by atoms with Crippen molar-refractivity contribution in [3.63, 3.8) is 0 Å². The number of carbonyl (C=O) groups is 1. The lowest BCUT2D eigenvalue weighted by Gasteiger charge is -2.31. The molecule has 0 bridgehead atoms. The highest BCUT2D eigenvalue weighted by Crippen LogP contribution is 2.61. The Morgan fingerprint density at radius 3 is 1.74 bits per heavy atom. The maximum absolute atomic E-state index is 15.5. The molecule has 1 unspecified atom stereocenters. The molecule has 27 heavy (non-hydrogen) atoms. The van der Waals surface area contributed by atoms with E-state index in [0.29, 0.717) is 0 Å². The summed E-state index contributed by atoms with van der Waals surface area (Å²) < 4.78 is 43.2. The Labute approximate surface area is 162 Å². The van der Waals surface area contributed by atoms with Crippen LogP contribution in [0.15, 0.2) is 12.1 Å². The number of halogens is 1. The van der Waals surface area contributed by atoms with Gasteiger partial charge in [0.2, 0.25) is 5.78 Å². The molecule has 0 saturated heterocycles. The van der Waals surface area contributed by atoms with Gasteiger partial charge in [-0.25, -0.2) is 4.39 Å². The number of Topliss-reactive ketones (excluding diaryl/α,β-unsaturated/α-hetero) is 1. The van der Waals surface area contributed by atoms with Crippen molar-refractivity contribution >= 4 is 13.4 Å². The lowest BCUT2D eigenvalue weighted by atomic mass is 9.78. The average molecular weight is 402 g/mol. The molecule has 5 nitrogen and oxygen atoms in total. The molecule has 0 N–H and O–H groups in total. The van der Waals surface area contributed by atoms with Crippen LogP contribution in [0.25, 0.3) is 0 Å². The van der Waals surface area contributed by atoms with Crippen LogP contribution in [0, 0.1) is 0 Å². The number of alkyl halides is 1. The molecule has 0 heterocycles. The largest absolute Gasteiger partial charge is 0.496 e. The van der Waals surface area contributed by atoms with Gasteiger partial charge in [-0.2, -0.15) is 0 Å². The molecular formula is C20H32FO5P. The van der Waals surface area contributed by atoms with E-state index in [0.717, 1.165) is 32.3 Å². The maximum atomic E-state index is 15.5. The number of benzene rings is 1. The third-order valence-electron chi connectivity index (χ3n) is 4.62. The van der Waals surface area contributed by atoms with E-state index in [1.165, 1.54) is 7.11 Å². The van der Waals surface area contributed by atoms with Crippen molar-refractivity contribution in [2.75, 3.05) is 21.3 Å². The second-order valence-electron chi connectivity index (χ2n) is 8.75. The average Bonchev–Trinajstić information content (AvgIpc) is 2.57. The fourth-order valence-electron chi connectivity index (χ4n) is 2.80. The van der Waals surface area contributed by atoms with Crippen LogP contribution >= 0.6 is 7.60 Å². The zero-order valence-corrected chi connectivity index (χ0v) is 18.9. The van der Waals surface area contributed by atoms with E-state index in [-0.39, 0.29) is 22.1 Å². The van der Waals surface area contributed by atoms with Crippen molar-refractivity contribution in [3.05, 3.63) is 28.8 Å². The van der Waals surface area contributed by atoms with Gasteiger partial charge < -0.3 is 13.8 Å². The van der Waals surface area contributed by atoms with Crippen LogP contribution in [-0.4, -0.2) is 32.5 Å². The van der Waals surface area contributed by atoms with E-state index in [9.17, 15) is 9.36 Å². The highest BCUT2D eigenvalue weighted by atomic mass is 31.2. The summed E-state index contributed by atoms with van der Waals surface area (Å²) in [7, 11) is -0.780. The Morgan fingerprint density at radius 2 is 1.41 bits per heavy atom. The molecular weight excluding hydrogens is 370 g/mol. The molecule has 0 saturated carbocycles. The molecule has 0 aliphatic rings. The topological polar surface area (TPSA) is 61.8 Å². The molecule has 0 spiro atoms. The van der Waals surface area contributed by atoms with Crippen molar-refractivity contribution < 1.29 is 27.5 Å². The number of carbonyl (C=O) groups excluding carboxylic acids is 1. The Kier molecular flexibility index (Phi) is 6.75. The van der Waals surface area contributed by atoms with Crippen molar-refractivity contribution in [2.45, 2.75) is 64.7 Å². The minimum atomic E-state index is -4.32. The molecule has 0 amide bonds. The molecule has 0 aliphatic heterocycles. The molecule has 1 rings (SSSR count). The number of ether oxygens (including phenoxy) is 1. The Morgan fingerprint density at radius 1 is 0.926 bits per heavy atom. The quantitative estimate of drug-likeness (QED) is 0.455. The highest BCUT2D eigenvalue weighted by molar-refractivity contribution is 7.56. The van der Waals surface area contributed by atoms with E-state index in [2.05, 4.69) is 0 Å². The lowest BCUT2D eigenvalue weighted by molar-refractivity contribution is 0.0788. The smallest absolute Gasteiger partial charge is 0.374 e. The molecule has 0 radical (unpaired) electrons. The van der Waals surface area contributed by atoms with Gasteiger partial charge in [0.15, 0.2) is 0 Å².